The maximum atomic E-state index is 12.1. The summed E-state index contributed by atoms with van der Waals surface area (Å²) in [6.45, 7) is 6.00. The van der Waals surface area contributed by atoms with Gasteiger partial charge in [-0.3, -0.25) is 4.79 Å². The van der Waals surface area contributed by atoms with Crippen molar-refractivity contribution in [1.82, 2.24) is 0 Å². The minimum Gasteiger partial charge on any atom is -0.496 e. The third kappa shape index (κ3) is 3.58. The van der Waals surface area contributed by atoms with Gasteiger partial charge in [-0.1, -0.05) is 33.3 Å². The molecule has 0 spiro atoms. The fourth-order valence-corrected chi connectivity index (χ4v) is 1.80. The fourth-order valence-electron chi connectivity index (χ4n) is 1.80. The highest BCUT2D eigenvalue weighted by atomic mass is 16.5. The Morgan fingerprint density at radius 3 is 2.59 bits per heavy atom. The van der Waals surface area contributed by atoms with Crippen LogP contribution in [0.15, 0.2) is 18.2 Å². The molecule has 0 aliphatic rings. The van der Waals surface area contributed by atoms with Gasteiger partial charge in [0.05, 0.1) is 12.7 Å². The first-order valence-electron chi connectivity index (χ1n) is 6.31. The average molecular weight is 234 g/mol. The van der Waals surface area contributed by atoms with E-state index in [1.807, 2.05) is 32.0 Å². The molecule has 94 valence electrons. The lowest BCUT2D eigenvalue weighted by atomic mass is 9.97. The second-order valence-corrected chi connectivity index (χ2v) is 4.66. The van der Waals surface area contributed by atoms with E-state index in [0.717, 1.165) is 18.4 Å². The number of hydrogen-bond acceptors (Lipinski definition) is 2. The molecule has 17 heavy (non-hydrogen) atoms. The zero-order chi connectivity index (χ0) is 12.8. The molecule has 0 unspecified atom stereocenters. The maximum Gasteiger partial charge on any atom is 0.169 e. The van der Waals surface area contributed by atoms with Gasteiger partial charge in [0.1, 0.15) is 5.75 Å². The first-order chi connectivity index (χ1) is 8.10. The summed E-state index contributed by atoms with van der Waals surface area (Å²) in [5.74, 6) is 0.842. The maximum absolute atomic E-state index is 12.1. The number of benzene rings is 1. The molecule has 0 atom stereocenters. The number of methoxy groups -OCH3 is 1. The molecule has 0 aliphatic heterocycles. The van der Waals surface area contributed by atoms with Crippen molar-refractivity contribution in [2.45, 2.75) is 40.0 Å². The Bertz CT molecular complexity index is 381. The molecule has 0 amide bonds. The van der Waals surface area contributed by atoms with Crippen LogP contribution in [-0.4, -0.2) is 12.9 Å². The van der Waals surface area contributed by atoms with Crippen LogP contribution in [0, 0.1) is 5.92 Å². The lowest BCUT2D eigenvalue weighted by Crippen LogP contribution is -2.09. The molecular weight excluding hydrogens is 212 g/mol. The Hall–Kier alpha value is -1.31. The van der Waals surface area contributed by atoms with Crippen molar-refractivity contribution < 1.29 is 9.53 Å². The fraction of sp³-hybridized carbons (Fsp3) is 0.533. The van der Waals surface area contributed by atoms with Crippen molar-refractivity contribution in [2.75, 3.05) is 7.11 Å². The number of ketones is 1. The van der Waals surface area contributed by atoms with Crippen LogP contribution in [0.3, 0.4) is 0 Å². The first-order valence-corrected chi connectivity index (χ1v) is 6.31. The van der Waals surface area contributed by atoms with Crippen LogP contribution in [0.4, 0.5) is 0 Å². The van der Waals surface area contributed by atoms with Gasteiger partial charge in [-0.05, 0) is 30.5 Å². The van der Waals surface area contributed by atoms with E-state index in [0.29, 0.717) is 5.75 Å². The van der Waals surface area contributed by atoms with Crippen LogP contribution in [0.2, 0.25) is 0 Å². The molecule has 0 saturated carbocycles. The molecule has 1 aromatic carbocycles. The minimum absolute atomic E-state index is 0.00493. The molecule has 0 bridgehead atoms. The largest absolute Gasteiger partial charge is 0.496 e. The van der Waals surface area contributed by atoms with Crippen molar-refractivity contribution in [2.24, 2.45) is 5.92 Å². The highest BCUT2D eigenvalue weighted by Crippen LogP contribution is 2.23. The topological polar surface area (TPSA) is 26.3 Å². The van der Waals surface area contributed by atoms with E-state index in [4.69, 9.17) is 4.74 Å². The predicted octanol–water partition coefficient (Wildman–Crippen LogP) is 3.88. The molecule has 2 nitrogen and oxygen atoms in total. The number of carbonyl (C=O) groups excluding carboxylic acids is 1. The Morgan fingerprint density at radius 2 is 2.06 bits per heavy atom. The van der Waals surface area contributed by atoms with Crippen LogP contribution in [0.1, 0.15) is 49.5 Å². The number of rotatable bonds is 6. The molecule has 0 saturated heterocycles. The molecule has 1 rings (SSSR count). The van der Waals surface area contributed by atoms with Gasteiger partial charge < -0.3 is 4.74 Å². The van der Waals surface area contributed by atoms with Gasteiger partial charge in [-0.15, -0.1) is 0 Å². The molecular formula is C15H22O2. The van der Waals surface area contributed by atoms with Crippen LogP contribution in [-0.2, 0) is 6.42 Å². The van der Waals surface area contributed by atoms with Crippen molar-refractivity contribution in [3.05, 3.63) is 29.3 Å². The Morgan fingerprint density at radius 1 is 1.35 bits per heavy atom. The zero-order valence-corrected chi connectivity index (χ0v) is 11.2. The van der Waals surface area contributed by atoms with E-state index in [9.17, 15) is 4.79 Å². The molecule has 2 heteroatoms. The van der Waals surface area contributed by atoms with Crippen LogP contribution in [0.5, 0.6) is 5.75 Å². The van der Waals surface area contributed by atoms with Gasteiger partial charge in [0, 0.05) is 5.92 Å². The van der Waals surface area contributed by atoms with Gasteiger partial charge in [-0.2, -0.15) is 0 Å². The van der Waals surface area contributed by atoms with Crippen molar-refractivity contribution in [1.29, 1.82) is 0 Å². The monoisotopic (exact) mass is 234 g/mol. The molecule has 0 radical (unpaired) electrons. The SMILES string of the molecule is CCCCc1ccc(OC)c(C(=O)C(C)C)c1. The number of carbonyl (C=O) groups is 1. The molecule has 0 heterocycles. The summed E-state index contributed by atoms with van der Waals surface area (Å²) < 4.78 is 5.26. The second kappa shape index (κ2) is 6.43. The number of aryl methyl sites for hydroxylation is 1. The summed E-state index contributed by atoms with van der Waals surface area (Å²) in [6.07, 6.45) is 3.35. The summed E-state index contributed by atoms with van der Waals surface area (Å²) >= 11 is 0. The number of unbranched alkanes of at least 4 members (excludes halogenated alkanes) is 1. The Balaban J connectivity index is 3.02. The van der Waals surface area contributed by atoms with Crippen molar-refractivity contribution in [3.63, 3.8) is 0 Å². The Kier molecular flexibility index (Phi) is 5.20. The van der Waals surface area contributed by atoms with E-state index >= 15 is 0 Å². The van der Waals surface area contributed by atoms with E-state index in [2.05, 4.69) is 6.92 Å². The van der Waals surface area contributed by atoms with E-state index in [-0.39, 0.29) is 11.7 Å². The normalized spacial score (nSPS) is 10.6. The first kappa shape index (κ1) is 13.8. The molecule has 0 aromatic heterocycles. The van der Waals surface area contributed by atoms with Crippen LogP contribution >= 0.6 is 0 Å². The third-order valence-electron chi connectivity index (χ3n) is 2.87. The van der Waals surface area contributed by atoms with Gasteiger partial charge in [0.2, 0.25) is 0 Å². The quantitative estimate of drug-likeness (QED) is 0.698. The van der Waals surface area contributed by atoms with E-state index < -0.39 is 0 Å². The number of ether oxygens (including phenoxy) is 1. The van der Waals surface area contributed by atoms with Crippen molar-refractivity contribution in [3.8, 4) is 5.75 Å². The number of Topliss-reactive ketones (excluding diaryl/α,β-unsaturated/α-hetero) is 1. The summed E-state index contributed by atoms with van der Waals surface area (Å²) in [6, 6.07) is 5.93. The summed E-state index contributed by atoms with van der Waals surface area (Å²) in [4.78, 5) is 12.1. The van der Waals surface area contributed by atoms with Gasteiger partial charge in [0.25, 0.3) is 0 Å². The zero-order valence-electron chi connectivity index (χ0n) is 11.2. The standard InChI is InChI=1S/C15H22O2/c1-5-6-7-12-8-9-14(17-4)13(10-12)15(16)11(2)3/h8-11H,5-7H2,1-4H3. The van der Waals surface area contributed by atoms with E-state index in [1.54, 1.807) is 7.11 Å². The van der Waals surface area contributed by atoms with Gasteiger partial charge >= 0.3 is 0 Å². The number of hydrogen-bond donors (Lipinski definition) is 0. The summed E-state index contributed by atoms with van der Waals surface area (Å²) in [5.41, 5.74) is 1.94. The molecule has 0 N–H and O–H groups in total. The van der Waals surface area contributed by atoms with Crippen LogP contribution < -0.4 is 4.74 Å². The predicted molar refractivity (Wildman–Crippen MR) is 70.8 cm³/mol. The van der Waals surface area contributed by atoms with Gasteiger partial charge in [0.15, 0.2) is 5.78 Å². The van der Waals surface area contributed by atoms with Crippen molar-refractivity contribution >= 4 is 5.78 Å². The smallest absolute Gasteiger partial charge is 0.169 e. The van der Waals surface area contributed by atoms with E-state index in [1.165, 1.54) is 12.0 Å². The molecule has 1 aromatic rings. The average Bonchev–Trinajstić information content (AvgIpc) is 2.34. The van der Waals surface area contributed by atoms with Crippen LogP contribution in [0.25, 0.3) is 0 Å². The highest BCUT2D eigenvalue weighted by Gasteiger charge is 2.16. The summed E-state index contributed by atoms with van der Waals surface area (Å²) in [7, 11) is 1.61. The lowest BCUT2D eigenvalue weighted by molar-refractivity contribution is 0.0936. The Labute approximate surface area is 104 Å². The minimum atomic E-state index is 0.00493. The van der Waals surface area contributed by atoms with Gasteiger partial charge in [-0.25, -0.2) is 0 Å². The second-order valence-electron chi connectivity index (χ2n) is 4.66. The summed E-state index contributed by atoms with van der Waals surface area (Å²) in [5, 5.41) is 0. The highest BCUT2D eigenvalue weighted by molar-refractivity contribution is 6.00. The molecule has 0 fully saturated rings. The molecule has 0 aliphatic carbocycles. The lowest BCUT2D eigenvalue weighted by Gasteiger charge is -2.11. The third-order valence-corrected chi connectivity index (χ3v) is 2.87.